The third kappa shape index (κ3) is 1.39. The Labute approximate surface area is 98.1 Å². The molecule has 4 rings (SSSR count). The van der Waals surface area contributed by atoms with Crippen LogP contribution in [0.1, 0.15) is 58.3 Å². The molecule has 92 valence electrons. The Balaban J connectivity index is 1.88. The van der Waals surface area contributed by atoms with Crippen LogP contribution in [0.4, 0.5) is 0 Å². The number of aliphatic hydroxyl groups is 2. The van der Waals surface area contributed by atoms with Crippen LogP contribution < -0.4 is 0 Å². The molecule has 0 aromatic heterocycles. The number of hydrogen-bond donors (Lipinski definition) is 2. The third-order valence-corrected chi connectivity index (χ3v) is 5.46. The fourth-order valence-corrected chi connectivity index (χ4v) is 5.15. The topological polar surface area (TPSA) is 40.5 Å². The van der Waals surface area contributed by atoms with Gasteiger partial charge in [-0.25, -0.2) is 0 Å². The Bertz CT molecular complexity index is 272. The predicted molar refractivity (Wildman–Crippen MR) is 63.0 cm³/mol. The second kappa shape index (κ2) is 3.46. The lowest BCUT2D eigenvalue weighted by Crippen LogP contribution is -2.65. The van der Waals surface area contributed by atoms with Crippen molar-refractivity contribution in [2.24, 2.45) is 17.3 Å². The number of unbranched alkanes of at least 4 members (excludes halogenated alkanes) is 1. The first-order valence-corrected chi connectivity index (χ1v) is 6.98. The molecular weight excluding hydrogens is 200 g/mol. The van der Waals surface area contributed by atoms with Crippen molar-refractivity contribution in [1.29, 1.82) is 0 Å². The molecule has 3 unspecified atom stereocenters. The Morgan fingerprint density at radius 1 is 1.12 bits per heavy atom. The van der Waals surface area contributed by atoms with Crippen molar-refractivity contribution in [3.8, 4) is 0 Å². The molecule has 0 saturated heterocycles. The first kappa shape index (κ1) is 11.0. The SMILES string of the molecule is CCCCC12CC3CC(CC(O)(C3)C1O)C2. The number of rotatable bonds is 3. The van der Waals surface area contributed by atoms with E-state index < -0.39 is 11.7 Å². The Kier molecular flexibility index (Phi) is 2.38. The standard InChI is InChI=1S/C14H24O2/c1-2-3-4-13-6-10-5-11(7-13)9-14(16,8-10)12(13)15/h10-12,15-16H,2-9H2,1H3. The number of hydrogen-bond acceptors (Lipinski definition) is 2. The highest BCUT2D eigenvalue weighted by Gasteiger charge is 2.62. The first-order valence-electron chi connectivity index (χ1n) is 6.98. The summed E-state index contributed by atoms with van der Waals surface area (Å²) in [6, 6.07) is 0. The van der Waals surface area contributed by atoms with Gasteiger partial charge in [-0.3, -0.25) is 0 Å². The van der Waals surface area contributed by atoms with Gasteiger partial charge < -0.3 is 10.2 Å². The zero-order valence-electron chi connectivity index (χ0n) is 10.3. The van der Waals surface area contributed by atoms with E-state index in [-0.39, 0.29) is 5.41 Å². The highest BCUT2D eigenvalue weighted by atomic mass is 16.3. The molecule has 2 nitrogen and oxygen atoms in total. The molecular formula is C14H24O2. The summed E-state index contributed by atoms with van der Waals surface area (Å²) in [5, 5.41) is 21.1. The van der Waals surface area contributed by atoms with Crippen LogP contribution in [0.15, 0.2) is 0 Å². The molecule has 16 heavy (non-hydrogen) atoms. The van der Waals surface area contributed by atoms with Crippen molar-refractivity contribution < 1.29 is 10.2 Å². The van der Waals surface area contributed by atoms with Gasteiger partial charge in [0.1, 0.15) is 0 Å². The van der Waals surface area contributed by atoms with Gasteiger partial charge in [0.15, 0.2) is 0 Å². The van der Waals surface area contributed by atoms with Crippen LogP contribution in [0.2, 0.25) is 0 Å². The van der Waals surface area contributed by atoms with Gasteiger partial charge in [-0.2, -0.15) is 0 Å². The van der Waals surface area contributed by atoms with Gasteiger partial charge in [0.2, 0.25) is 0 Å². The van der Waals surface area contributed by atoms with Crippen LogP contribution in [0.5, 0.6) is 0 Å². The van der Waals surface area contributed by atoms with Crippen molar-refractivity contribution in [1.82, 2.24) is 0 Å². The molecule has 4 saturated carbocycles. The Hall–Kier alpha value is -0.0800. The molecule has 0 radical (unpaired) electrons. The largest absolute Gasteiger partial charge is 0.390 e. The molecule has 0 aromatic carbocycles. The average Bonchev–Trinajstić information content (AvgIpc) is 2.22. The molecule has 2 N–H and O–H groups in total. The predicted octanol–water partition coefficient (Wildman–Crippen LogP) is 2.48. The summed E-state index contributed by atoms with van der Waals surface area (Å²) in [6.45, 7) is 2.21. The summed E-state index contributed by atoms with van der Waals surface area (Å²) in [5.74, 6) is 1.38. The minimum atomic E-state index is -0.724. The normalized spacial score (nSPS) is 54.6. The van der Waals surface area contributed by atoms with Gasteiger partial charge in [-0.05, 0) is 55.8 Å². The monoisotopic (exact) mass is 224 g/mol. The van der Waals surface area contributed by atoms with E-state index in [1.54, 1.807) is 0 Å². The molecule has 0 amide bonds. The number of aliphatic hydroxyl groups excluding tert-OH is 1. The summed E-state index contributed by atoms with van der Waals surface area (Å²) < 4.78 is 0. The van der Waals surface area contributed by atoms with Crippen molar-refractivity contribution in [3.05, 3.63) is 0 Å². The van der Waals surface area contributed by atoms with Crippen molar-refractivity contribution in [2.45, 2.75) is 70.0 Å². The molecule has 2 heteroatoms. The van der Waals surface area contributed by atoms with Gasteiger partial charge >= 0.3 is 0 Å². The molecule has 0 spiro atoms. The van der Waals surface area contributed by atoms with Crippen LogP contribution in [0.3, 0.4) is 0 Å². The summed E-state index contributed by atoms with van der Waals surface area (Å²) in [4.78, 5) is 0. The maximum Gasteiger partial charge on any atom is 0.0916 e. The molecule has 4 fully saturated rings. The van der Waals surface area contributed by atoms with Gasteiger partial charge in [0, 0.05) is 0 Å². The maximum absolute atomic E-state index is 10.6. The lowest BCUT2D eigenvalue weighted by molar-refractivity contribution is -0.245. The van der Waals surface area contributed by atoms with Gasteiger partial charge in [0.05, 0.1) is 11.7 Å². The zero-order valence-corrected chi connectivity index (χ0v) is 10.3. The van der Waals surface area contributed by atoms with Crippen LogP contribution in [0.25, 0.3) is 0 Å². The summed E-state index contributed by atoms with van der Waals surface area (Å²) in [7, 11) is 0. The minimum absolute atomic E-state index is 0.0782. The minimum Gasteiger partial charge on any atom is -0.390 e. The lowest BCUT2D eigenvalue weighted by Gasteiger charge is -2.63. The Morgan fingerprint density at radius 3 is 2.31 bits per heavy atom. The molecule has 4 aliphatic rings. The van der Waals surface area contributed by atoms with Crippen LogP contribution in [-0.4, -0.2) is 21.9 Å². The van der Waals surface area contributed by atoms with E-state index in [9.17, 15) is 10.2 Å². The van der Waals surface area contributed by atoms with E-state index in [1.807, 2.05) is 0 Å². The summed E-state index contributed by atoms with van der Waals surface area (Å²) in [6.07, 6.45) is 8.45. The van der Waals surface area contributed by atoms with Crippen molar-refractivity contribution in [3.63, 3.8) is 0 Å². The maximum atomic E-state index is 10.6. The lowest BCUT2D eigenvalue weighted by atomic mass is 9.45. The van der Waals surface area contributed by atoms with Crippen LogP contribution in [-0.2, 0) is 0 Å². The molecule has 0 aliphatic heterocycles. The second-order valence-electron chi connectivity index (χ2n) is 6.76. The molecule has 4 aliphatic carbocycles. The smallest absolute Gasteiger partial charge is 0.0916 e. The Morgan fingerprint density at radius 2 is 1.75 bits per heavy atom. The van der Waals surface area contributed by atoms with Crippen molar-refractivity contribution >= 4 is 0 Å². The molecule has 3 atom stereocenters. The third-order valence-electron chi connectivity index (χ3n) is 5.46. The second-order valence-corrected chi connectivity index (χ2v) is 6.76. The van der Waals surface area contributed by atoms with Gasteiger partial charge in [0.25, 0.3) is 0 Å². The quantitative estimate of drug-likeness (QED) is 0.773. The van der Waals surface area contributed by atoms with E-state index in [4.69, 9.17) is 0 Å². The van der Waals surface area contributed by atoms with E-state index in [0.717, 1.165) is 19.3 Å². The van der Waals surface area contributed by atoms with E-state index in [1.165, 1.54) is 32.1 Å². The van der Waals surface area contributed by atoms with E-state index >= 15 is 0 Å². The van der Waals surface area contributed by atoms with Gasteiger partial charge in [-0.15, -0.1) is 0 Å². The van der Waals surface area contributed by atoms with E-state index in [2.05, 4.69) is 6.92 Å². The summed E-state index contributed by atoms with van der Waals surface area (Å²) >= 11 is 0. The summed E-state index contributed by atoms with van der Waals surface area (Å²) in [5.41, 5.74) is -0.646. The highest BCUT2D eigenvalue weighted by molar-refractivity contribution is 5.13. The fraction of sp³-hybridized carbons (Fsp3) is 1.00. The van der Waals surface area contributed by atoms with Crippen LogP contribution in [0, 0.1) is 17.3 Å². The molecule has 0 heterocycles. The van der Waals surface area contributed by atoms with E-state index in [0.29, 0.717) is 11.8 Å². The van der Waals surface area contributed by atoms with Crippen LogP contribution >= 0.6 is 0 Å². The molecule has 0 aromatic rings. The molecule has 4 bridgehead atoms. The zero-order chi connectivity index (χ0) is 11.4. The van der Waals surface area contributed by atoms with Gasteiger partial charge in [-0.1, -0.05) is 19.8 Å². The average molecular weight is 224 g/mol. The fourth-order valence-electron chi connectivity index (χ4n) is 5.15. The highest BCUT2D eigenvalue weighted by Crippen LogP contribution is 2.63. The first-order chi connectivity index (χ1) is 7.58. The van der Waals surface area contributed by atoms with Crippen molar-refractivity contribution in [2.75, 3.05) is 0 Å².